The Morgan fingerprint density at radius 2 is 2.17 bits per heavy atom. The first-order valence-corrected chi connectivity index (χ1v) is 11.2. The molecule has 2 unspecified atom stereocenters. The fourth-order valence-electron chi connectivity index (χ4n) is 3.38. The van der Waals surface area contributed by atoms with Crippen LogP contribution in [-0.4, -0.2) is 63.8 Å². The van der Waals surface area contributed by atoms with Crippen molar-refractivity contribution in [3.05, 3.63) is 27.2 Å². The van der Waals surface area contributed by atoms with E-state index in [4.69, 9.17) is 16.3 Å². The number of hydrogen-bond acceptors (Lipinski definition) is 7. The summed E-state index contributed by atoms with van der Waals surface area (Å²) in [6.07, 6.45) is 1.89. The number of carbonyl (C=O) groups is 2. The van der Waals surface area contributed by atoms with Crippen molar-refractivity contribution in [3.8, 4) is 0 Å². The lowest BCUT2D eigenvalue weighted by Crippen LogP contribution is -2.55. The van der Waals surface area contributed by atoms with Gasteiger partial charge in [-0.2, -0.15) is 0 Å². The lowest BCUT2D eigenvalue weighted by molar-refractivity contribution is 0.0204. The van der Waals surface area contributed by atoms with Crippen LogP contribution in [0.1, 0.15) is 58.4 Å². The molecular formula is C19H26ClN5O4S. The number of carboxylic acid groups (broad SMARTS) is 1. The highest BCUT2D eigenvalue weighted by Gasteiger charge is 2.33. The van der Waals surface area contributed by atoms with Gasteiger partial charge < -0.3 is 25.0 Å². The molecule has 1 aliphatic rings. The van der Waals surface area contributed by atoms with Crippen molar-refractivity contribution >= 4 is 39.9 Å². The van der Waals surface area contributed by atoms with Crippen LogP contribution in [0.15, 0.2) is 0 Å². The maximum absolute atomic E-state index is 12.7. The van der Waals surface area contributed by atoms with Gasteiger partial charge in [-0.25, -0.2) is 14.8 Å². The van der Waals surface area contributed by atoms with Crippen LogP contribution in [-0.2, 0) is 11.2 Å². The molecule has 0 spiro atoms. The number of imidazole rings is 1. The zero-order chi connectivity index (χ0) is 21.8. The molecule has 0 aromatic carbocycles. The summed E-state index contributed by atoms with van der Waals surface area (Å²) in [5.41, 5.74) is 1.23. The Labute approximate surface area is 183 Å². The normalized spacial score (nSPS) is 19.1. The molecule has 30 heavy (non-hydrogen) atoms. The number of amides is 1. The number of thiazole rings is 1. The summed E-state index contributed by atoms with van der Waals surface area (Å²) < 4.78 is 6.02. The predicted octanol–water partition coefficient (Wildman–Crippen LogP) is 2.89. The third-order valence-electron chi connectivity index (χ3n) is 4.96. The number of nitrogens with one attached hydrogen (secondary N) is 2. The highest BCUT2D eigenvalue weighted by molar-refractivity contribution is 7.17. The summed E-state index contributed by atoms with van der Waals surface area (Å²) in [5.74, 6) is -1.10. The minimum Gasteiger partial charge on any atom is -0.477 e. The van der Waals surface area contributed by atoms with Crippen LogP contribution < -0.4 is 10.2 Å². The highest BCUT2D eigenvalue weighted by atomic mass is 35.5. The molecule has 9 nitrogen and oxygen atoms in total. The molecule has 1 fully saturated rings. The van der Waals surface area contributed by atoms with E-state index in [1.54, 1.807) is 6.92 Å². The van der Waals surface area contributed by atoms with E-state index < -0.39 is 5.97 Å². The third-order valence-corrected chi connectivity index (χ3v) is 6.48. The quantitative estimate of drug-likeness (QED) is 0.559. The fourth-order valence-corrected chi connectivity index (χ4v) is 4.58. The maximum Gasteiger partial charge on any atom is 0.347 e. The van der Waals surface area contributed by atoms with Crippen molar-refractivity contribution in [1.82, 2.24) is 20.3 Å². The van der Waals surface area contributed by atoms with Crippen LogP contribution in [0.5, 0.6) is 0 Å². The summed E-state index contributed by atoms with van der Waals surface area (Å²) in [5, 5.41) is 13.3. The number of carboxylic acids is 1. The molecule has 0 bridgehead atoms. The lowest BCUT2D eigenvalue weighted by Gasteiger charge is -2.38. The Balaban J connectivity index is 1.72. The molecule has 0 saturated carbocycles. The summed E-state index contributed by atoms with van der Waals surface area (Å²) >= 11 is 7.21. The van der Waals surface area contributed by atoms with E-state index in [2.05, 4.69) is 20.3 Å². The van der Waals surface area contributed by atoms with Crippen molar-refractivity contribution in [2.24, 2.45) is 0 Å². The second-order valence-corrected chi connectivity index (χ2v) is 8.48. The number of piperidine rings is 1. The number of H-pyrrole nitrogens is 1. The van der Waals surface area contributed by atoms with E-state index >= 15 is 0 Å². The Hall–Kier alpha value is -2.17. The van der Waals surface area contributed by atoms with Crippen molar-refractivity contribution in [3.63, 3.8) is 0 Å². The average Bonchev–Trinajstić information content (AvgIpc) is 3.29. The van der Waals surface area contributed by atoms with Crippen molar-refractivity contribution in [2.45, 2.75) is 52.2 Å². The molecule has 3 rings (SSSR count). The molecule has 0 radical (unpaired) electrons. The number of anilines is 1. The molecule has 1 aliphatic heterocycles. The first-order chi connectivity index (χ1) is 14.3. The second-order valence-electron chi connectivity index (χ2n) is 7.15. The van der Waals surface area contributed by atoms with E-state index in [0.29, 0.717) is 48.5 Å². The average molecular weight is 456 g/mol. The molecule has 2 aromatic heterocycles. The number of rotatable bonds is 8. The Bertz CT molecular complexity index is 915. The van der Waals surface area contributed by atoms with Gasteiger partial charge in [-0.1, -0.05) is 36.8 Å². The summed E-state index contributed by atoms with van der Waals surface area (Å²) in [6, 6.07) is -0.200. The predicted molar refractivity (Wildman–Crippen MR) is 115 cm³/mol. The SMILES string of the molecule is CCCOC1CN(c2nc(C)c(C(=O)O)s2)CCC1NC(=O)c1nc(Cl)c(CC)[nH]1. The Kier molecular flexibility index (Phi) is 7.32. The first-order valence-electron chi connectivity index (χ1n) is 9.96. The lowest BCUT2D eigenvalue weighted by atomic mass is 10.0. The van der Waals surface area contributed by atoms with Crippen LogP contribution in [0.3, 0.4) is 0 Å². The molecule has 1 amide bonds. The summed E-state index contributed by atoms with van der Waals surface area (Å²) in [7, 11) is 0. The minimum atomic E-state index is -0.972. The van der Waals surface area contributed by atoms with Gasteiger partial charge in [-0.3, -0.25) is 4.79 Å². The van der Waals surface area contributed by atoms with Crippen LogP contribution in [0, 0.1) is 6.92 Å². The number of halogens is 1. The number of aromatic amines is 1. The van der Waals surface area contributed by atoms with Gasteiger partial charge in [0, 0.05) is 19.7 Å². The highest BCUT2D eigenvalue weighted by Crippen LogP contribution is 2.29. The van der Waals surface area contributed by atoms with Crippen LogP contribution in [0.25, 0.3) is 0 Å². The Morgan fingerprint density at radius 1 is 1.40 bits per heavy atom. The van der Waals surface area contributed by atoms with Crippen molar-refractivity contribution < 1.29 is 19.4 Å². The van der Waals surface area contributed by atoms with Gasteiger partial charge in [0.15, 0.2) is 16.1 Å². The number of aryl methyl sites for hydroxylation is 2. The van der Waals surface area contributed by atoms with Gasteiger partial charge in [0.1, 0.15) is 4.88 Å². The molecular weight excluding hydrogens is 430 g/mol. The maximum atomic E-state index is 12.7. The largest absolute Gasteiger partial charge is 0.477 e. The van der Waals surface area contributed by atoms with Gasteiger partial charge in [0.25, 0.3) is 5.91 Å². The van der Waals surface area contributed by atoms with E-state index in [9.17, 15) is 14.7 Å². The number of ether oxygens (including phenoxy) is 1. The molecule has 11 heteroatoms. The van der Waals surface area contributed by atoms with Crippen LogP contribution in [0.4, 0.5) is 5.13 Å². The number of carbonyl (C=O) groups excluding carboxylic acids is 1. The van der Waals surface area contributed by atoms with Crippen molar-refractivity contribution in [2.75, 3.05) is 24.6 Å². The van der Waals surface area contributed by atoms with Crippen molar-refractivity contribution in [1.29, 1.82) is 0 Å². The number of aromatic carboxylic acids is 1. The number of hydrogen-bond donors (Lipinski definition) is 3. The van der Waals surface area contributed by atoms with Gasteiger partial charge in [-0.05, 0) is 26.2 Å². The topological polar surface area (TPSA) is 120 Å². The van der Waals surface area contributed by atoms with E-state index in [-0.39, 0.29) is 28.8 Å². The van der Waals surface area contributed by atoms with Crippen LogP contribution in [0.2, 0.25) is 5.15 Å². The molecule has 2 aromatic rings. The molecule has 164 valence electrons. The Morgan fingerprint density at radius 3 is 2.77 bits per heavy atom. The fraction of sp³-hybridized carbons (Fsp3) is 0.579. The number of nitrogens with zero attached hydrogens (tertiary/aromatic N) is 3. The molecule has 1 saturated heterocycles. The number of aromatic nitrogens is 3. The monoisotopic (exact) mass is 455 g/mol. The molecule has 2 atom stereocenters. The third kappa shape index (κ3) is 4.93. The van der Waals surface area contributed by atoms with Gasteiger partial charge >= 0.3 is 5.97 Å². The zero-order valence-electron chi connectivity index (χ0n) is 17.2. The smallest absolute Gasteiger partial charge is 0.347 e. The zero-order valence-corrected chi connectivity index (χ0v) is 18.8. The summed E-state index contributed by atoms with van der Waals surface area (Å²) in [4.78, 5) is 37.8. The van der Waals surface area contributed by atoms with E-state index in [1.165, 1.54) is 0 Å². The molecule has 0 aliphatic carbocycles. The summed E-state index contributed by atoms with van der Waals surface area (Å²) in [6.45, 7) is 7.35. The molecule has 3 heterocycles. The minimum absolute atomic E-state index is 0.190. The van der Waals surface area contributed by atoms with E-state index in [1.807, 2.05) is 18.7 Å². The second kappa shape index (κ2) is 9.76. The van der Waals surface area contributed by atoms with Gasteiger partial charge in [0.2, 0.25) is 0 Å². The standard InChI is InChI=1S/C19H26ClN5O4S/c1-4-8-29-13-9-25(19-21-10(3)14(30-19)18(27)28)7-6-12(13)23-17(26)16-22-11(5-2)15(20)24-16/h12-13H,4-9H2,1-3H3,(H,22,24)(H,23,26)(H,27,28). The molecule has 3 N–H and O–H groups in total. The van der Waals surface area contributed by atoms with Gasteiger partial charge in [0.05, 0.1) is 23.5 Å². The van der Waals surface area contributed by atoms with E-state index in [0.717, 1.165) is 23.5 Å². The van der Waals surface area contributed by atoms with Gasteiger partial charge in [-0.15, -0.1) is 0 Å². The van der Waals surface area contributed by atoms with Crippen LogP contribution >= 0.6 is 22.9 Å². The first kappa shape index (κ1) is 22.5.